The van der Waals surface area contributed by atoms with Gasteiger partial charge in [-0.2, -0.15) is 15.2 Å². The van der Waals surface area contributed by atoms with Crippen molar-refractivity contribution in [2.75, 3.05) is 12.1 Å². The number of hydrazone groups is 2. The van der Waals surface area contributed by atoms with E-state index >= 15 is 0 Å². The Morgan fingerprint density at radius 1 is 1.06 bits per heavy atom. The van der Waals surface area contributed by atoms with Crippen LogP contribution < -0.4 is 15.8 Å². The fourth-order valence-corrected chi connectivity index (χ4v) is 4.14. The van der Waals surface area contributed by atoms with Crippen molar-refractivity contribution in [2.45, 2.75) is 40.0 Å². The van der Waals surface area contributed by atoms with Gasteiger partial charge in [-0.25, -0.2) is 5.43 Å². The van der Waals surface area contributed by atoms with E-state index in [-0.39, 0.29) is 17.2 Å². The van der Waals surface area contributed by atoms with Crippen LogP contribution in [0.3, 0.4) is 0 Å². The molecule has 0 spiro atoms. The third-order valence-corrected chi connectivity index (χ3v) is 6.22. The Bertz CT molecular complexity index is 1110. The van der Waals surface area contributed by atoms with Crippen molar-refractivity contribution >= 4 is 46.2 Å². The van der Waals surface area contributed by atoms with Gasteiger partial charge in [0.15, 0.2) is 0 Å². The number of hydrogen-bond acceptors (Lipinski definition) is 6. The van der Waals surface area contributed by atoms with E-state index in [1.54, 1.807) is 26.0 Å². The quantitative estimate of drug-likeness (QED) is 0.534. The van der Waals surface area contributed by atoms with Crippen LogP contribution >= 0.6 is 11.3 Å². The van der Waals surface area contributed by atoms with E-state index in [0.29, 0.717) is 26.9 Å². The highest BCUT2D eigenvalue weighted by Crippen LogP contribution is 2.28. The van der Waals surface area contributed by atoms with Gasteiger partial charge >= 0.3 is 0 Å². The molecule has 1 aromatic carbocycles. The van der Waals surface area contributed by atoms with Crippen LogP contribution in [0.15, 0.2) is 46.6 Å². The number of carbonyl (C=O) groups is 3. The van der Waals surface area contributed by atoms with Crippen molar-refractivity contribution in [1.29, 1.82) is 0 Å². The zero-order valence-electron chi connectivity index (χ0n) is 19.0. The minimum absolute atomic E-state index is 0.0143. The Balaban J connectivity index is 1.71. The molecule has 0 fully saturated rings. The van der Waals surface area contributed by atoms with Gasteiger partial charge in [-0.15, -0.1) is 11.3 Å². The van der Waals surface area contributed by atoms with E-state index in [2.05, 4.69) is 41.7 Å². The minimum Gasteiger partial charge on any atom is -0.354 e. The third-order valence-electron chi connectivity index (χ3n) is 5.14. The highest BCUT2D eigenvalue weighted by atomic mass is 32.1. The summed E-state index contributed by atoms with van der Waals surface area (Å²) in [6.45, 7) is 9.83. The molecule has 2 heterocycles. The van der Waals surface area contributed by atoms with E-state index in [0.717, 1.165) is 11.3 Å². The Hall–Kier alpha value is -3.33. The summed E-state index contributed by atoms with van der Waals surface area (Å²) in [5.41, 5.74) is 5.36. The molecule has 2 N–H and O–H groups in total. The van der Waals surface area contributed by atoms with E-state index in [1.807, 2.05) is 24.3 Å². The number of amides is 3. The van der Waals surface area contributed by atoms with E-state index < -0.39 is 11.8 Å². The molecule has 2 aromatic rings. The monoisotopic (exact) mass is 453 g/mol. The van der Waals surface area contributed by atoms with Crippen molar-refractivity contribution in [3.63, 3.8) is 0 Å². The topological polar surface area (TPSA) is 103 Å². The summed E-state index contributed by atoms with van der Waals surface area (Å²) in [5.74, 6) is -1.58. The molecule has 1 atom stereocenters. The Morgan fingerprint density at radius 2 is 1.66 bits per heavy atom. The molecule has 1 aliphatic rings. The van der Waals surface area contributed by atoms with Crippen molar-refractivity contribution in [2.24, 2.45) is 16.1 Å². The first-order valence-corrected chi connectivity index (χ1v) is 11.0. The molecule has 8 nitrogen and oxygen atoms in total. The molecule has 0 radical (unpaired) electrons. The van der Waals surface area contributed by atoms with Crippen molar-refractivity contribution in [3.05, 3.63) is 51.7 Å². The Morgan fingerprint density at radius 3 is 2.22 bits per heavy atom. The highest BCUT2D eigenvalue weighted by molar-refractivity contribution is 7.15. The van der Waals surface area contributed by atoms with Gasteiger partial charge in [0.2, 0.25) is 0 Å². The predicted octanol–water partition coefficient (Wildman–Crippen LogP) is 3.55. The van der Waals surface area contributed by atoms with Crippen molar-refractivity contribution in [1.82, 2.24) is 10.7 Å². The maximum absolute atomic E-state index is 13.0. The van der Waals surface area contributed by atoms with Crippen LogP contribution in [0, 0.1) is 5.92 Å². The molecule has 0 bridgehead atoms. The maximum Gasteiger partial charge on any atom is 0.281 e. The standard InChI is InChI=1S/C23H27N5O3S/c1-13(25-26-21(30)18-12-11-17(32-18)20(29)24-6)19-14(2)27-28(22(19)31)16-9-7-15(8-10-16)23(3,4)5/h7-12,19H,1-6H3,(H,24,29)(H,26,30)/b25-13+. The summed E-state index contributed by atoms with van der Waals surface area (Å²) in [4.78, 5) is 37.9. The number of nitrogens with zero attached hydrogens (tertiary/aromatic N) is 3. The van der Waals surface area contributed by atoms with Crippen molar-refractivity contribution < 1.29 is 14.4 Å². The number of thiophene rings is 1. The average molecular weight is 454 g/mol. The first-order valence-electron chi connectivity index (χ1n) is 10.2. The molecule has 0 saturated heterocycles. The summed E-state index contributed by atoms with van der Waals surface area (Å²) in [6.07, 6.45) is 0. The molecular formula is C23H27N5O3S. The smallest absolute Gasteiger partial charge is 0.281 e. The Kier molecular flexibility index (Phi) is 6.59. The lowest BCUT2D eigenvalue weighted by Crippen LogP contribution is -2.33. The summed E-state index contributed by atoms with van der Waals surface area (Å²) < 4.78 is 0. The summed E-state index contributed by atoms with van der Waals surface area (Å²) in [5, 5.41) is 12.4. The molecule has 3 rings (SSSR count). The van der Waals surface area contributed by atoms with Crippen LogP contribution in [0.5, 0.6) is 0 Å². The lowest BCUT2D eigenvalue weighted by molar-refractivity contribution is -0.118. The summed E-state index contributed by atoms with van der Waals surface area (Å²) >= 11 is 1.07. The number of carbonyl (C=O) groups excluding carboxylic acids is 3. The van der Waals surface area contributed by atoms with E-state index in [1.165, 1.54) is 17.6 Å². The fourth-order valence-electron chi connectivity index (χ4n) is 3.30. The first-order chi connectivity index (χ1) is 15.0. The molecule has 0 aliphatic carbocycles. The predicted molar refractivity (Wildman–Crippen MR) is 128 cm³/mol. The van der Waals surface area contributed by atoms with Crippen LogP contribution in [0.1, 0.15) is 59.5 Å². The van der Waals surface area contributed by atoms with Crippen LogP contribution in [0.4, 0.5) is 5.69 Å². The zero-order valence-corrected chi connectivity index (χ0v) is 19.8. The van der Waals surface area contributed by atoms with Gasteiger partial charge in [0.1, 0.15) is 5.92 Å². The normalized spacial score (nSPS) is 16.8. The van der Waals surface area contributed by atoms with Gasteiger partial charge in [-0.05, 0) is 49.1 Å². The maximum atomic E-state index is 13.0. The third kappa shape index (κ3) is 4.77. The minimum atomic E-state index is -0.651. The molecule has 9 heteroatoms. The average Bonchev–Trinajstić information content (AvgIpc) is 3.35. The summed E-state index contributed by atoms with van der Waals surface area (Å²) in [7, 11) is 1.53. The van der Waals surface area contributed by atoms with Gasteiger partial charge in [0, 0.05) is 7.05 Å². The van der Waals surface area contributed by atoms with Gasteiger partial charge in [0.05, 0.1) is 26.9 Å². The van der Waals surface area contributed by atoms with Crippen LogP contribution in [-0.4, -0.2) is 36.2 Å². The molecule has 1 aromatic heterocycles. The zero-order chi connectivity index (χ0) is 23.6. The van der Waals surface area contributed by atoms with Gasteiger partial charge in [-0.3, -0.25) is 14.4 Å². The number of rotatable bonds is 5. The second-order valence-electron chi connectivity index (χ2n) is 8.56. The first kappa shape index (κ1) is 23.3. The van der Waals surface area contributed by atoms with Crippen LogP contribution in [0.2, 0.25) is 0 Å². The van der Waals surface area contributed by atoms with E-state index in [9.17, 15) is 14.4 Å². The molecule has 3 amide bonds. The van der Waals surface area contributed by atoms with Gasteiger partial charge in [0.25, 0.3) is 17.7 Å². The molecule has 0 saturated carbocycles. The van der Waals surface area contributed by atoms with Crippen LogP contribution in [0.25, 0.3) is 0 Å². The lowest BCUT2D eigenvalue weighted by atomic mass is 9.87. The number of hydrogen-bond donors (Lipinski definition) is 2. The Labute approximate surface area is 191 Å². The highest BCUT2D eigenvalue weighted by Gasteiger charge is 2.36. The second-order valence-corrected chi connectivity index (χ2v) is 9.64. The lowest BCUT2D eigenvalue weighted by Gasteiger charge is -2.20. The number of benzene rings is 1. The molecular weight excluding hydrogens is 426 g/mol. The van der Waals surface area contributed by atoms with E-state index in [4.69, 9.17) is 0 Å². The van der Waals surface area contributed by atoms with Crippen molar-refractivity contribution in [3.8, 4) is 0 Å². The molecule has 1 aliphatic heterocycles. The second kappa shape index (κ2) is 9.04. The molecule has 1 unspecified atom stereocenters. The van der Waals surface area contributed by atoms with Gasteiger partial charge < -0.3 is 5.32 Å². The summed E-state index contributed by atoms with van der Waals surface area (Å²) in [6, 6.07) is 10.9. The number of nitrogens with one attached hydrogen (secondary N) is 2. The molecule has 168 valence electrons. The van der Waals surface area contributed by atoms with Crippen LogP contribution in [-0.2, 0) is 10.2 Å². The van der Waals surface area contributed by atoms with Gasteiger partial charge in [-0.1, -0.05) is 32.9 Å². The largest absolute Gasteiger partial charge is 0.354 e. The fraction of sp³-hybridized carbons (Fsp3) is 0.348. The SMILES string of the molecule is CNC(=O)c1ccc(C(=O)N/N=C(\C)C2C(=O)N(c3ccc(C(C)(C)C)cc3)N=C2C)s1. The molecule has 32 heavy (non-hydrogen) atoms. The number of anilines is 1.